The van der Waals surface area contributed by atoms with Crippen LogP contribution in [-0.2, 0) is 0 Å². The van der Waals surface area contributed by atoms with Gasteiger partial charge < -0.3 is 16.0 Å². The third-order valence-electron chi connectivity index (χ3n) is 3.10. The average molecular weight is 258 g/mol. The van der Waals surface area contributed by atoms with E-state index in [1.165, 1.54) is 0 Å². The minimum absolute atomic E-state index is 0.137. The lowest BCUT2D eigenvalue weighted by atomic mass is 10.1. The maximum Gasteiger partial charge on any atom is 0.254 e. The van der Waals surface area contributed by atoms with Gasteiger partial charge in [-0.15, -0.1) is 0 Å². The summed E-state index contributed by atoms with van der Waals surface area (Å²) in [7, 11) is 0. The molecule has 4 N–H and O–H groups in total. The first kappa shape index (κ1) is 13.1. The second kappa shape index (κ2) is 5.56. The fourth-order valence-electron chi connectivity index (χ4n) is 2.06. The van der Waals surface area contributed by atoms with Crippen molar-refractivity contribution in [3.8, 4) is 0 Å². The molecule has 0 saturated carbocycles. The van der Waals surface area contributed by atoms with E-state index in [4.69, 9.17) is 5.73 Å². The lowest BCUT2D eigenvalue weighted by Gasteiger charge is -2.16. The van der Waals surface area contributed by atoms with Crippen LogP contribution in [0.25, 0.3) is 0 Å². The van der Waals surface area contributed by atoms with Crippen LogP contribution in [-0.4, -0.2) is 15.9 Å². The van der Waals surface area contributed by atoms with Gasteiger partial charge in [0.1, 0.15) is 5.82 Å². The van der Waals surface area contributed by atoms with Crippen LogP contribution in [0.4, 0.5) is 5.69 Å². The van der Waals surface area contributed by atoms with Crippen molar-refractivity contribution in [1.82, 2.24) is 15.3 Å². The molecule has 0 aliphatic heterocycles. The highest BCUT2D eigenvalue weighted by Gasteiger charge is 2.18. The quantitative estimate of drug-likeness (QED) is 0.735. The number of imidazole rings is 1. The molecule has 0 aliphatic carbocycles. The van der Waals surface area contributed by atoms with Gasteiger partial charge in [0.25, 0.3) is 5.91 Å². The van der Waals surface area contributed by atoms with Crippen molar-refractivity contribution in [2.24, 2.45) is 0 Å². The van der Waals surface area contributed by atoms with Crippen molar-refractivity contribution in [1.29, 1.82) is 0 Å². The van der Waals surface area contributed by atoms with Crippen molar-refractivity contribution in [3.63, 3.8) is 0 Å². The molecule has 2 aromatic rings. The van der Waals surface area contributed by atoms with Gasteiger partial charge in [0.05, 0.1) is 11.6 Å². The number of aromatic nitrogens is 2. The van der Waals surface area contributed by atoms with Crippen molar-refractivity contribution < 1.29 is 4.79 Å². The molecule has 0 bridgehead atoms. The number of carbonyl (C=O) groups excluding carboxylic acids is 1. The number of amides is 1. The Labute approximate surface area is 112 Å². The number of carbonyl (C=O) groups is 1. The number of H-pyrrole nitrogens is 1. The smallest absolute Gasteiger partial charge is 0.254 e. The van der Waals surface area contributed by atoms with E-state index in [1.807, 2.05) is 26.0 Å². The molecule has 19 heavy (non-hydrogen) atoms. The number of hydrogen-bond donors (Lipinski definition) is 3. The summed E-state index contributed by atoms with van der Waals surface area (Å²) >= 11 is 0. The first-order chi connectivity index (χ1) is 9.13. The van der Waals surface area contributed by atoms with Gasteiger partial charge in [0.15, 0.2) is 0 Å². The van der Waals surface area contributed by atoms with E-state index in [2.05, 4.69) is 15.3 Å². The Morgan fingerprint density at radius 1 is 1.53 bits per heavy atom. The Morgan fingerprint density at radius 3 is 2.89 bits per heavy atom. The Hall–Kier alpha value is -2.30. The molecule has 1 aromatic heterocycles. The van der Waals surface area contributed by atoms with Crippen LogP contribution in [0.2, 0.25) is 0 Å². The van der Waals surface area contributed by atoms with Gasteiger partial charge in [-0.1, -0.05) is 19.1 Å². The minimum Gasteiger partial charge on any atom is -0.398 e. The maximum atomic E-state index is 12.3. The van der Waals surface area contributed by atoms with E-state index in [-0.39, 0.29) is 11.9 Å². The second-order valence-corrected chi connectivity index (χ2v) is 4.45. The van der Waals surface area contributed by atoms with Gasteiger partial charge in [-0.2, -0.15) is 0 Å². The predicted molar refractivity (Wildman–Crippen MR) is 74.7 cm³/mol. The van der Waals surface area contributed by atoms with E-state index in [9.17, 15) is 4.79 Å². The molecule has 2 rings (SSSR count). The molecular weight excluding hydrogens is 240 g/mol. The van der Waals surface area contributed by atoms with Gasteiger partial charge in [0.2, 0.25) is 0 Å². The van der Waals surface area contributed by atoms with Crippen LogP contribution in [0.15, 0.2) is 30.6 Å². The molecule has 0 radical (unpaired) electrons. The fourth-order valence-corrected chi connectivity index (χ4v) is 2.06. The van der Waals surface area contributed by atoms with Gasteiger partial charge in [-0.05, 0) is 25.0 Å². The summed E-state index contributed by atoms with van der Waals surface area (Å²) < 4.78 is 0. The molecule has 0 spiro atoms. The first-order valence-corrected chi connectivity index (χ1v) is 6.28. The van der Waals surface area contributed by atoms with Crippen molar-refractivity contribution in [3.05, 3.63) is 47.5 Å². The van der Waals surface area contributed by atoms with Crippen LogP contribution in [0, 0.1) is 6.92 Å². The molecule has 0 saturated heterocycles. The molecule has 1 unspecified atom stereocenters. The summed E-state index contributed by atoms with van der Waals surface area (Å²) in [6, 6.07) is 5.31. The van der Waals surface area contributed by atoms with E-state index in [0.29, 0.717) is 11.3 Å². The Bertz CT molecular complexity index is 543. The van der Waals surface area contributed by atoms with Gasteiger partial charge in [0, 0.05) is 18.1 Å². The lowest BCUT2D eigenvalue weighted by molar-refractivity contribution is 0.0934. The molecule has 5 heteroatoms. The molecule has 0 fully saturated rings. The van der Waals surface area contributed by atoms with Crippen LogP contribution < -0.4 is 11.1 Å². The summed E-state index contributed by atoms with van der Waals surface area (Å²) in [5.41, 5.74) is 7.77. The molecule has 0 aliphatic rings. The van der Waals surface area contributed by atoms with Gasteiger partial charge in [-0.3, -0.25) is 4.79 Å². The van der Waals surface area contributed by atoms with E-state index in [0.717, 1.165) is 17.8 Å². The topological polar surface area (TPSA) is 83.8 Å². The summed E-state index contributed by atoms with van der Waals surface area (Å²) in [5.74, 6) is 0.585. The summed E-state index contributed by atoms with van der Waals surface area (Å²) in [5, 5.41) is 2.95. The number of nitrogens with one attached hydrogen (secondary N) is 2. The third kappa shape index (κ3) is 2.76. The molecule has 1 atom stereocenters. The first-order valence-electron chi connectivity index (χ1n) is 6.28. The van der Waals surface area contributed by atoms with Crippen LogP contribution in [0.5, 0.6) is 0 Å². The van der Waals surface area contributed by atoms with E-state index in [1.54, 1.807) is 18.5 Å². The number of aromatic amines is 1. The molecule has 100 valence electrons. The maximum absolute atomic E-state index is 12.3. The number of nitrogen functional groups attached to an aromatic ring is 1. The number of nitrogens with two attached hydrogens (primary N) is 1. The molecule has 1 aromatic carbocycles. The predicted octanol–water partition coefficient (Wildman–Crippen LogP) is 2.18. The normalized spacial score (nSPS) is 12.1. The van der Waals surface area contributed by atoms with Gasteiger partial charge in [-0.25, -0.2) is 4.98 Å². The number of rotatable bonds is 4. The number of anilines is 1. The Balaban J connectivity index is 2.21. The van der Waals surface area contributed by atoms with Gasteiger partial charge >= 0.3 is 0 Å². The summed E-state index contributed by atoms with van der Waals surface area (Å²) in [6.07, 6.45) is 4.17. The molecule has 1 heterocycles. The number of hydrogen-bond acceptors (Lipinski definition) is 3. The van der Waals surface area contributed by atoms with Crippen LogP contribution in [0.3, 0.4) is 0 Å². The molecule has 1 amide bonds. The second-order valence-electron chi connectivity index (χ2n) is 4.45. The SMILES string of the molecule is CCC(NC(=O)c1c(C)cccc1N)c1ncc[nH]1. The number of benzene rings is 1. The third-order valence-corrected chi connectivity index (χ3v) is 3.10. The lowest BCUT2D eigenvalue weighted by Crippen LogP contribution is -2.30. The highest BCUT2D eigenvalue weighted by atomic mass is 16.1. The van der Waals surface area contributed by atoms with Crippen LogP contribution in [0.1, 0.15) is 41.1 Å². The van der Waals surface area contributed by atoms with Crippen molar-refractivity contribution in [2.75, 3.05) is 5.73 Å². The zero-order chi connectivity index (χ0) is 13.8. The van der Waals surface area contributed by atoms with E-state index >= 15 is 0 Å². The fraction of sp³-hybridized carbons (Fsp3) is 0.286. The Morgan fingerprint density at radius 2 is 2.32 bits per heavy atom. The van der Waals surface area contributed by atoms with Crippen LogP contribution >= 0.6 is 0 Å². The molecular formula is C14H18N4O. The minimum atomic E-state index is -0.168. The molecule has 5 nitrogen and oxygen atoms in total. The standard InChI is InChI=1S/C14H18N4O/c1-3-11(13-16-7-8-17-13)18-14(19)12-9(2)5-4-6-10(12)15/h4-8,11H,3,15H2,1-2H3,(H,16,17)(H,18,19). The zero-order valence-electron chi connectivity index (χ0n) is 11.1. The van der Waals surface area contributed by atoms with Crippen molar-refractivity contribution >= 4 is 11.6 Å². The Kier molecular flexibility index (Phi) is 3.85. The van der Waals surface area contributed by atoms with Crippen molar-refractivity contribution in [2.45, 2.75) is 26.3 Å². The monoisotopic (exact) mass is 258 g/mol. The van der Waals surface area contributed by atoms with E-state index < -0.39 is 0 Å². The number of aryl methyl sites for hydroxylation is 1. The summed E-state index contributed by atoms with van der Waals surface area (Å²) in [4.78, 5) is 19.5. The summed E-state index contributed by atoms with van der Waals surface area (Å²) in [6.45, 7) is 3.87. The largest absolute Gasteiger partial charge is 0.398 e. The average Bonchev–Trinajstić information content (AvgIpc) is 2.89. The zero-order valence-corrected chi connectivity index (χ0v) is 11.1. The number of nitrogens with zero attached hydrogens (tertiary/aromatic N) is 1. The highest BCUT2D eigenvalue weighted by molar-refractivity contribution is 6.00. The highest BCUT2D eigenvalue weighted by Crippen LogP contribution is 2.18.